The zero-order chi connectivity index (χ0) is 26.2. The topological polar surface area (TPSA) is 146 Å². The number of hydrogen-bond donors (Lipinski definition) is 4. The number of nitrogens with one attached hydrogen (secondary N) is 4. The molecule has 9 aromatic rings. The molecule has 0 amide bonds. The first-order valence-corrected chi connectivity index (χ1v) is 13.1. The molecule has 8 bridgehead atoms. The number of nitrogens with zero attached hydrogens (tertiary/aromatic N) is 4. The third kappa shape index (κ3) is 3.76. The zero-order valence-corrected chi connectivity index (χ0v) is 23.3. The number of benzene rings is 4. The van der Waals surface area contributed by atoms with E-state index in [1.165, 1.54) is 0 Å². The maximum absolute atomic E-state index is 5.04. The second-order valence-corrected chi connectivity index (χ2v) is 9.92. The second-order valence-electron chi connectivity index (χ2n) is 9.92. The van der Waals surface area contributed by atoms with Crippen LogP contribution < -0.4 is 9.97 Å². The molecule has 5 heterocycles. The van der Waals surface area contributed by atoms with Crippen LogP contribution in [0.5, 0.6) is 0 Å². The average Bonchev–Trinajstić information content (AvgIpc) is 3.73. The van der Waals surface area contributed by atoms with Crippen molar-refractivity contribution in [1.82, 2.24) is 39.9 Å². The molecular formula is C32H20N8OV. The molecule has 0 aliphatic rings. The maximum Gasteiger partial charge on any atom is 4.00 e. The predicted octanol–water partition coefficient (Wildman–Crippen LogP) is 7.06. The van der Waals surface area contributed by atoms with E-state index in [1.807, 2.05) is 66.7 Å². The number of rotatable bonds is 0. The van der Waals surface area contributed by atoms with Crippen LogP contribution in [0.15, 0.2) is 97.1 Å². The summed E-state index contributed by atoms with van der Waals surface area (Å²) >= 11 is 0. The Morgan fingerprint density at radius 2 is 0.810 bits per heavy atom. The molecule has 0 aliphatic carbocycles. The Kier molecular flexibility index (Phi) is 5.95. The Balaban J connectivity index is 0.00000144. The normalized spacial score (nSPS) is 11.4. The molecule has 0 unspecified atom stereocenters. The first kappa shape index (κ1) is 25.7. The third-order valence-electron chi connectivity index (χ3n) is 7.60. The van der Waals surface area contributed by atoms with Crippen LogP contribution >= 0.6 is 0 Å². The van der Waals surface area contributed by atoms with Crippen LogP contribution in [0.25, 0.3) is 88.3 Å². The monoisotopic (exact) mass is 583 g/mol. The van der Waals surface area contributed by atoms with Crippen molar-refractivity contribution in [2.24, 2.45) is 0 Å². The average molecular weight is 584 g/mol. The third-order valence-corrected chi connectivity index (χ3v) is 7.60. The van der Waals surface area contributed by atoms with Gasteiger partial charge in [-0.25, -0.2) is 0 Å². The van der Waals surface area contributed by atoms with Crippen molar-refractivity contribution in [3.8, 4) is 0 Å². The SMILES string of the molecule is [O-2].[V+4].c1ccc2c3nc4[nH]c([nH]c5[nH]c([nH]c6[n-]c(nc([n-]3)c2c1)c1ccccc61)c1ccccc51)c1ccccc41. The first-order chi connectivity index (χ1) is 19.8. The molecule has 42 heavy (non-hydrogen) atoms. The Morgan fingerprint density at radius 3 is 1.43 bits per heavy atom. The van der Waals surface area contributed by atoms with Gasteiger partial charge in [0.1, 0.15) is 11.3 Å². The van der Waals surface area contributed by atoms with E-state index in [2.05, 4.69) is 50.3 Å². The number of aromatic nitrogens is 8. The van der Waals surface area contributed by atoms with E-state index in [1.54, 1.807) is 0 Å². The van der Waals surface area contributed by atoms with E-state index < -0.39 is 0 Å². The van der Waals surface area contributed by atoms with Gasteiger partial charge < -0.3 is 45.3 Å². The molecule has 4 N–H and O–H groups in total. The van der Waals surface area contributed by atoms with Gasteiger partial charge in [-0.05, 0) is 21.5 Å². The predicted molar refractivity (Wildman–Crippen MR) is 162 cm³/mol. The van der Waals surface area contributed by atoms with Gasteiger partial charge in [-0.3, -0.25) is 0 Å². The van der Waals surface area contributed by atoms with E-state index >= 15 is 0 Å². The molecule has 4 aromatic carbocycles. The summed E-state index contributed by atoms with van der Waals surface area (Å²) in [6, 6.07) is 32.7. The quantitative estimate of drug-likeness (QED) is 0.151. The maximum atomic E-state index is 5.04. The van der Waals surface area contributed by atoms with E-state index in [0.29, 0.717) is 16.9 Å². The summed E-state index contributed by atoms with van der Waals surface area (Å²) in [6.45, 7) is 0. The summed E-state index contributed by atoms with van der Waals surface area (Å²) in [4.78, 5) is 34.2. The zero-order valence-electron chi connectivity index (χ0n) is 21.9. The summed E-state index contributed by atoms with van der Waals surface area (Å²) in [6.07, 6.45) is 0. The van der Waals surface area contributed by atoms with Crippen molar-refractivity contribution in [3.63, 3.8) is 0 Å². The van der Waals surface area contributed by atoms with Gasteiger partial charge in [0.05, 0.1) is 11.3 Å². The number of hydrogen-bond acceptors (Lipinski definition) is 2. The van der Waals surface area contributed by atoms with Crippen LogP contribution in [0.4, 0.5) is 0 Å². The molecule has 9 nitrogen and oxygen atoms in total. The van der Waals surface area contributed by atoms with Crippen LogP contribution in [-0.2, 0) is 24.0 Å². The second kappa shape index (κ2) is 9.71. The molecule has 0 aliphatic heterocycles. The number of fused-ring (bicyclic) bond motifs is 20. The minimum atomic E-state index is 0. The molecule has 5 aromatic heterocycles. The molecule has 10 heteroatoms. The standard InChI is InChI=1S/C32H20N8.O.V/c1-2-10-18-17(9-1)25-33-26(18)38-28-21-13-5-6-14-22(21)30(35-28)40-32-24-16-8-7-15-23(24)31(36-32)39-29-20-12-4-3-11-19(20)27(34-29)37-25;;/h1-16,33-34,37-38H;;/q2*-2;+4. The van der Waals surface area contributed by atoms with Crippen molar-refractivity contribution in [2.45, 2.75) is 0 Å². The largest absolute Gasteiger partial charge is 4.00 e. The van der Waals surface area contributed by atoms with Crippen LogP contribution in [0.1, 0.15) is 0 Å². The first-order valence-electron chi connectivity index (χ1n) is 13.1. The van der Waals surface area contributed by atoms with Crippen molar-refractivity contribution in [3.05, 3.63) is 97.1 Å². The molecule has 0 saturated heterocycles. The molecular weight excluding hydrogens is 563 g/mol. The van der Waals surface area contributed by atoms with Gasteiger partial charge in [0.2, 0.25) is 0 Å². The van der Waals surface area contributed by atoms with Crippen LogP contribution in [0.2, 0.25) is 0 Å². The van der Waals surface area contributed by atoms with Crippen molar-refractivity contribution < 1.29 is 24.0 Å². The molecule has 0 fully saturated rings. The van der Waals surface area contributed by atoms with Crippen LogP contribution in [0, 0.1) is 0 Å². The van der Waals surface area contributed by atoms with E-state index in [-0.39, 0.29) is 24.0 Å². The van der Waals surface area contributed by atoms with E-state index in [4.69, 9.17) is 19.9 Å². The van der Waals surface area contributed by atoms with Crippen molar-refractivity contribution in [1.29, 1.82) is 0 Å². The fourth-order valence-electron chi connectivity index (χ4n) is 5.73. The summed E-state index contributed by atoms with van der Waals surface area (Å²) < 4.78 is 0. The smallest absolute Gasteiger partial charge is 2.00 e. The van der Waals surface area contributed by atoms with E-state index in [0.717, 1.165) is 71.3 Å². The summed E-state index contributed by atoms with van der Waals surface area (Å²) in [5.41, 5.74) is 5.84. The summed E-state index contributed by atoms with van der Waals surface area (Å²) in [7, 11) is 0. The molecule has 0 spiro atoms. The van der Waals surface area contributed by atoms with Gasteiger partial charge in [-0.1, -0.05) is 97.1 Å². The fourth-order valence-corrected chi connectivity index (χ4v) is 5.73. The van der Waals surface area contributed by atoms with Crippen molar-refractivity contribution >= 4 is 88.3 Å². The fraction of sp³-hybridized carbons (Fsp3) is 0. The molecule has 1 radical (unpaired) electrons. The summed E-state index contributed by atoms with van der Waals surface area (Å²) in [5.74, 6) is 0. The van der Waals surface area contributed by atoms with Gasteiger partial charge in [-0.2, -0.15) is 0 Å². The Labute approximate surface area is 248 Å². The van der Waals surface area contributed by atoms with Crippen LogP contribution in [0.3, 0.4) is 0 Å². The van der Waals surface area contributed by atoms with Gasteiger partial charge >= 0.3 is 18.6 Å². The molecule has 0 atom stereocenters. The molecule has 199 valence electrons. The Morgan fingerprint density at radius 1 is 0.405 bits per heavy atom. The number of aromatic amines is 4. The molecule has 9 rings (SSSR count). The Hall–Kier alpha value is -5.22. The van der Waals surface area contributed by atoms with Gasteiger partial charge in [0, 0.05) is 44.1 Å². The summed E-state index contributed by atoms with van der Waals surface area (Å²) in [5, 5.41) is 7.95. The Bertz CT molecular complexity index is 2060. The molecule has 0 saturated carbocycles. The van der Waals surface area contributed by atoms with Crippen molar-refractivity contribution in [2.75, 3.05) is 0 Å². The van der Waals surface area contributed by atoms with Gasteiger partial charge in [-0.15, -0.1) is 0 Å². The van der Waals surface area contributed by atoms with Gasteiger partial charge in [0.15, 0.2) is 0 Å². The van der Waals surface area contributed by atoms with E-state index in [9.17, 15) is 0 Å². The number of H-pyrrole nitrogens is 4. The minimum absolute atomic E-state index is 0. The van der Waals surface area contributed by atoms with Crippen LogP contribution in [-0.4, -0.2) is 29.9 Å². The van der Waals surface area contributed by atoms with Gasteiger partial charge in [0.25, 0.3) is 0 Å². The minimum Gasteiger partial charge on any atom is -2.00 e.